The Kier molecular flexibility index (Phi) is 3.30. The zero-order valence-corrected chi connectivity index (χ0v) is 9.86. The summed E-state index contributed by atoms with van der Waals surface area (Å²) in [5.74, 6) is 0.403. The molecule has 5 nitrogen and oxygen atoms in total. The molecule has 1 aliphatic rings. The van der Waals surface area contributed by atoms with E-state index < -0.39 is 0 Å². The van der Waals surface area contributed by atoms with Gasteiger partial charge >= 0.3 is 0 Å². The molecule has 0 aromatic carbocycles. The van der Waals surface area contributed by atoms with Crippen LogP contribution in [0, 0.1) is 12.3 Å². The first-order chi connectivity index (χ1) is 8.22. The molecule has 0 fully saturated rings. The molecule has 0 amide bonds. The summed E-state index contributed by atoms with van der Waals surface area (Å²) in [4.78, 5) is 12.3. The van der Waals surface area contributed by atoms with Crippen molar-refractivity contribution in [1.82, 2.24) is 15.3 Å². The van der Waals surface area contributed by atoms with Crippen LogP contribution >= 0.6 is 11.6 Å². The minimum absolute atomic E-state index is 0.387. The second-order valence-electron chi connectivity index (χ2n) is 3.38. The molecule has 2 rings (SSSR count). The van der Waals surface area contributed by atoms with Crippen LogP contribution < -0.4 is 5.32 Å². The van der Waals surface area contributed by atoms with Crippen LogP contribution in [0.5, 0.6) is 0 Å². The molecule has 0 radical (unpaired) electrons. The molecule has 1 aromatic rings. The fourth-order valence-electron chi connectivity index (χ4n) is 1.29. The number of aromatic nitrogens is 2. The van der Waals surface area contributed by atoms with Crippen molar-refractivity contribution >= 4 is 29.6 Å². The fourth-order valence-corrected chi connectivity index (χ4v) is 1.41. The smallest absolute Gasteiger partial charge is 0.164 e. The zero-order chi connectivity index (χ0) is 12.3. The molecule has 1 aromatic heterocycles. The van der Waals surface area contributed by atoms with Crippen molar-refractivity contribution < 1.29 is 0 Å². The van der Waals surface area contributed by atoms with Crippen molar-refractivity contribution in [3.05, 3.63) is 40.8 Å². The maximum Gasteiger partial charge on any atom is 0.164 e. The third-order valence-corrected chi connectivity index (χ3v) is 2.57. The van der Waals surface area contributed by atoms with Gasteiger partial charge in [0.25, 0.3) is 0 Å². The van der Waals surface area contributed by atoms with E-state index in [-0.39, 0.29) is 0 Å². The Morgan fingerprint density at radius 1 is 1.53 bits per heavy atom. The SMILES string of the molecule is Cc1cnc(/C(C=N)=C2\C=NC=CN2)nc1Cl. The summed E-state index contributed by atoms with van der Waals surface area (Å²) in [6, 6.07) is 0. The Morgan fingerprint density at radius 2 is 2.35 bits per heavy atom. The second-order valence-corrected chi connectivity index (χ2v) is 3.74. The highest BCUT2D eigenvalue weighted by Gasteiger charge is 2.10. The van der Waals surface area contributed by atoms with E-state index in [9.17, 15) is 0 Å². The Labute approximate surface area is 103 Å². The van der Waals surface area contributed by atoms with Gasteiger partial charge in [-0.05, 0) is 6.92 Å². The number of hydrogen-bond donors (Lipinski definition) is 2. The number of nitrogens with zero attached hydrogens (tertiary/aromatic N) is 3. The van der Waals surface area contributed by atoms with Crippen molar-refractivity contribution in [2.45, 2.75) is 6.92 Å². The molecule has 86 valence electrons. The highest BCUT2D eigenvalue weighted by atomic mass is 35.5. The largest absolute Gasteiger partial charge is 0.358 e. The second kappa shape index (κ2) is 4.88. The Morgan fingerprint density at radius 3 is 2.94 bits per heavy atom. The molecule has 1 aliphatic heterocycles. The van der Waals surface area contributed by atoms with Crippen molar-refractivity contribution in [1.29, 1.82) is 5.41 Å². The van der Waals surface area contributed by atoms with Gasteiger partial charge in [-0.3, -0.25) is 4.99 Å². The molecule has 0 bridgehead atoms. The summed E-state index contributed by atoms with van der Waals surface area (Å²) in [6.07, 6.45) is 7.71. The van der Waals surface area contributed by atoms with E-state index in [1.807, 2.05) is 6.92 Å². The monoisotopic (exact) mass is 247 g/mol. The first-order valence-electron chi connectivity index (χ1n) is 4.91. The standard InChI is InChI=1S/C11H10ClN5/c1-7-5-16-11(17-10(7)12)8(4-13)9-6-14-2-3-15-9/h2-6,13,15H,1H3/b9-8+,13-4?. The number of rotatable bonds is 2. The molecule has 2 N–H and O–H groups in total. The lowest BCUT2D eigenvalue weighted by molar-refractivity contribution is 1.07. The summed E-state index contributed by atoms with van der Waals surface area (Å²) >= 11 is 5.94. The Hall–Kier alpha value is -2.01. The van der Waals surface area contributed by atoms with Gasteiger partial charge in [-0.2, -0.15) is 0 Å². The summed E-state index contributed by atoms with van der Waals surface area (Å²) in [5.41, 5.74) is 2.01. The summed E-state index contributed by atoms with van der Waals surface area (Å²) < 4.78 is 0. The molecule has 2 heterocycles. The van der Waals surface area contributed by atoms with Gasteiger partial charge in [-0.25, -0.2) is 9.97 Å². The Bertz CT molecular complexity index is 545. The number of aryl methyl sites for hydroxylation is 1. The van der Waals surface area contributed by atoms with Crippen LogP contribution in [0.25, 0.3) is 5.57 Å². The molecular formula is C11H10ClN5. The average Bonchev–Trinajstić information content (AvgIpc) is 2.36. The highest BCUT2D eigenvalue weighted by Crippen LogP contribution is 2.16. The number of nitrogens with one attached hydrogen (secondary N) is 2. The van der Waals surface area contributed by atoms with Gasteiger partial charge in [-0.15, -0.1) is 0 Å². The third kappa shape index (κ3) is 2.39. The topological polar surface area (TPSA) is 74.0 Å². The van der Waals surface area contributed by atoms with Gasteiger partial charge in [0.1, 0.15) is 5.15 Å². The first-order valence-corrected chi connectivity index (χ1v) is 5.29. The average molecular weight is 248 g/mol. The van der Waals surface area contributed by atoms with Crippen molar-refractivity contribution in [3.63, 3.8) is 0 Å². The van der Waals surface area contributed by atoms with Crippen LogP contribution in [-0.4, -0.2) is 22.4 Å². The quantitative estimate of drug-likeness (QED) is 0.620. The first kappa shape index (κ1) is 11.5. The van der Waals surface area contributed by atoms with Crippen LogP contribution in [0.1, 0.15) is 11.4 Å². The maximum absolute atomic E-state index is 7.43. The maximum atomic E-state index is 7.43. The summed E-state index contributed by atoms with van der Waals surface area (Å²) in [7, 11) is 0. The summed E-state index contributed by atoms with van der Waals surface area (Å²) in [6.45, 7) is 1.83. The van der Waals surface area contributed by atoms with Crippen LogP contribution in [-0.2, 0) is 0 Å². The molecule has 17 heavy (non-hydrogen) atoms. The number of aliphatic imine (C=N–C) groups is 1. The lowest BCUT2D eigenvalue weighted by atomic mass is 10.2. The van der Waals surface area contributed by atoms with Crippen LogP contribution in [0.15, 0.2) is 29.3 Å². The fraction of sp³-hybridized carbons (Fsp3) is 0.0909. The predicted molar refractivity (Wildman–Crippen MR) is 68.3 cm³/mol. The van der Waals surface area contributed by atoms with E-state index >= 15 is 0 Å². The van der Waals surface area contributed by atoms with Gasteiger partial charge in [0, 0.05) is 30.4 Å². The normalized spacial score (nSPS) is 16.6. The van der Waals surface area contributed by atoms with Crippen molar-refractivity contribution in [2.24, 2.45) is 4.99 Å². The van der Waals surface area contributed by atoms with E-state index in [2.05, 4.69) is 20.3 Å². The molecular weight excluding hydrogens is 238 g/mol. The van der Waals surface area contributed by atoms with Gasteiger partial charge in [-0.1, -0.05) is 11.6 Å². The predicted octanol–water partition coefficient (Wildman–Crippen LogP) is 1.94. The number of hydrogen-bond acceptors (Lipinski definition) is 5. The van der Waals surface area contributed by atoms with E-state index in [0.717, 1.165) is 5.56 Å². The lowest BCUT2D eigenvalue weighted by Crippen LogP contribution is -2.13. The van der Waals surface area contributed by atoms with E-state index in [1.165, 1.54) is 6.21 Å². The molecule has 0 unspecified atom stereocenters. The van der Waals surface area contributed by atoms with Crippen molar-refractivity contribution in [3.8, 4) is 0 Å². The summed E-state index contributed by atoms with van der Waals surface area (Å²) in [5, 5.41) is 10.8. The molecule has 6 heteroatoms. The van der Waals surface area contributed by atoms with Gasteiger partial charge < -0.3 is 10.7 Å². The van der Waals surface area contributed by atoms with E-state index in [1.54, 1.807) is 24.8 Å². The lowest BCUT2D eigenvalue weighted by Gasteiger charge is -2.09. The third-order valence-electron chi connectivity index (χ3n) is 2.19. The van der Waals surface area contributed by atoms with Gasteiger partial charge in [0.05, 0.1) is 17.5 Å². The van der Waals surface area contributed by atoms with Crippen LogP contribution in [0.3, 0.4) is 0 Å². The van der Waals surface area contributed by atoms with Gasteiger partial charge in [0.15, 0.2) is 5.82 Å². The molecule has 0 spiro atoms. The molecule has 0 atom stereocenters. The zero-order valence-electron chi connectivity index (χ0n) is 9.11. The minimum Gasteiger partial charge on any atom is -0.358 e. The number of allylic oxidation sites excluding steroid dienone is 2. The van der Waals surface area contributed by atoms with Crippen molar-refractivity contribution in [2.75, 3.05) is 0 Å². The van der Waals surface area contributed by atoms with E-state index in [0.29, 0.717) is 22.2 Å². The molecule has 0 saturated heterocycles. The van der Waals surface area contributed by atoms with Gasteiger partial charge in [0.2, 0.25) is 0 Å². The van der Waals surface area contributed by atoms with Crippen LogP contribution in [0.4, 0.5) is 0 Å². The molecule has 0 saturated carbocycles. The highest BCUT2D eigenvalue weighted by molar-refractivity contribution is 6.30. The minimum atomic E-state index is 0.387. The molecule has 0 aliphatic carbocycles. The Balaban J connectivity index is 2.49. The van der Waals surface area contributed by atoms with Crippen LogP contribution in [0.2, 0.25) is 5.15 Å². The number of halogens is 1. The van der Waals surface area contributed by atoms with E-state index in [4.69, 9.17) is 17.0 Å².